The summed E-state index contributed by atoms with van der Waals surface area (Å²) in [5.74, 6) is 0.940. The van der Waals surface area contributed by atoms with Crippen LogP contribution in [0, 0.1) is 0 Å². The molecule has 0 amide bonds. The van der Waals surface area contributed by atoms with Gasteiger partial charge in [0.15, 0.2) is 0 Å². The molecule has 1 aliphatic heterocycles. The van der Waals surface area contributed by atoms with Crippen LogP contribution in [0.3, 0.4) is 0 Å². The van der Waals surface area contributed by atoms with Gasteiger partial charge < -0.3 is 15.8 Å². The molecule has 0 radical (unpaired) electrons. The van der Waals surface area contributed by atoms with Crippen molar-refractivity contribution >= 4 is 23.3 Å². The molecular weight excluding hydrogens is 194 g/mol. The van der Waals surface area contributed by atoms with E-state index in [1.165, 1.54) is 11.9 Å². The number of hydrogen-bond acceptors (Lipinski definition) is 4. The predicted molar refractivity (Wildman–Crippen MR) is 62.4 cm³/mol. The Labute approximate surface area is 87.2 Å². The molecule has 1 heterocycles. The minimum Gasteiger partial charge on any atom is -0.397 e. The lowest BCUT2D eigenvalue weighted by atomic mass is 10.3. The SMILES string of the molecule is Nc1ccccc1NC1=CC=CSN1. The second-order valence-corrected chi connectivity index (χ2v) is 3.55. The van der Waals surface area contributed by atoms with E-state index >= 15 is 0 Å². The molecule has 0 fully saturated rings. The number of para-hydroxylation sites is 2. The van der Waals surface area contributed by atoms with Crippen molar-refractivity contribution < 1.29 is 0 Å². The molecule has 0 bridgehead atoms. The van der Waals surface area contributed by atoms with E-state index in [1.807, 2.05) is 41.8 Å². The molecular formula is C10H11N3S. The maximum atomic E-state index is 5.80. The molecule has 0 spiro atoms. The third-order valence-electron chi connectivity index (χ3n) is 1.81. The largest absolute Gasteiger partial charge is 0.397 e. The molecule has 72 valence electrons. The second kappa shape index (κ2) is 4.11. The summed E-state index contributed by atoms with van der Waals surface area (Å²) in [7, 11) is 0. The van der Waals surface area contributed by atoms with Gasteiger partial charge in [0.25, 0.3) is 0 Å². The monoisotopic (exact) mass is 205 g/mol. The standard InChI is InChI=1S/C10H11N3S/c11-8-4-1-2-5-9(8)12-10-6-3-7-14-13-10/h1-7,12-13H,11H2. The van der Waals surface area contributed by atoms with Gasteiger partial charge in [-0.05, 0) is 35.6 Å². The van der Waals surface area contributed by atoms with E-state index < -0.39 is 0 Å². The Balaban J connectivity index is 2.14. The Morgan fingerprint density at radius 2 is 2.14 bits per heavy atom. The molecule has 1 aromatic rings. The van der Waals surface area contributed by atoms with Gasteiger partial charge in [0.2, 0.25) is 0 Å². The Kier molecular flexibility index (Phi) is 2.65. The smallest absolute Gasteiger partial charge is 0.113 e. The van der Waals surface area contributed by atoms with Crippen LogP contribution < -0.4 is 15.8 Å². The molecule has 2 rings (SSSR count). The van der Waals surface area contributed by atoms with E-state index in [0.29, 0.717) is 0 Å². The molecule has 1 aromatic carbocycles. The van der Waals surface area contributed by atoms with E-state index in [1.54, 1.807) is 0 Å². The highest BCUT2D eigenvalue weighted by atomic mass is 32.2. The third kappa shape index (κ3) is 2.03. The van der Waals surface area contributed by atoms with Gasteiger partial charge in [0.05, 0.1) is 11.4 Å². The molecule has 0 aromatic heterocycles. The van der Waals surface area contributed by atoms with Crippen LogP contribution in [0.25, 0.3) is 0 Å². The summed E-state index contributed by atoms with van der Waals surface area (Å²) >= 11 is 1.53. The van der Waals surface area contributed by atoms with Gasteiger partial charge in [-0.1, -0.05) is 18.2 Å². The van der Waals surface area contributed by atoms with Gasteiger partial charge in [-0.15, -0.1) is 0 Å². The van der Waals surface area contributed by atoms with Crippen molar-refractivity contribution in [3.05, 3.63) is 47.6 Å². The number of hydrogen-bond donors (Lipinski definition) is 3. The number of nitrogen functional groups attached to an aromatic ring is 1. The summed E-state index contributed by atoms with van der Waals surface area (Å²) in [6.07, 6.45) is 3.94. The number of allylic oxidation sites excluding steroid dienone is 2. The summed E-state index contributed by atoms with van der Waals surface area (Å²) in [5, 5.41) is 5.17. The summed E-state index contributed by atoms with van der Waals surface area (Å²) in [6.45, 7) is 0. The van der Waals surface area contributed by atoms with Crippen molar-refractivity contribution in [1.82, 2.24) is 4.72 Å². The molecule has 14 heavy (non-hydrogen) atoms. The third-order valence-corrected chi connectivity index (χ3v) is 2.44. The van der Waals surface area contributed by atoms with Crippen LogP contribution in [0.5, 0.6) is 0 Å². The first-order valence-corrected chi connectivity index (χ1v) is 5.14. The highest BCUT2D eigenvalue weighted by molar-refractivity contribution is 8.00. The van der Waals surface area contributed by atoms with E-state index in [2.05, 4.69) is 10.0 Å². The van der Waals surface area contributed by atoms with Gasteiger partial charge in [-0.3, -0.25) is 0 Å². The maximum Gasteiger partial charge on any atom is 0.113 e. The van der Waals surface area contributed by atoms with E-state index in [9.17, 15) is 0 Å². The first-order chi connectivity index (χ1) is 6.86. The number of nitrogens with one attached hydrogen (secondary N) is 2. The normalized spacial score (nSPS) is 14.4. The Bertz CT molecular complexity index is 385. The molecule has 3 nitrogen and oxygen atoms in total. The zero-order valence-corrected chi connectivity index (χ0v) is 8.34. The lowest BCUT2D eigenvalue weighted by molar-refractivity contribution is 1.21. The molecule has 1 aliphatic rings. The minimum atomic E-state index is 0.745. The van der Waals surface area contributed by atoms with Crippen molar-refractivity contribution in [2.45, 2.75) is 0 Å². The summed E-state index contributed by atoms with van der Waals surface area (Å²) in [4.78, 5) is 0. The molecule has 4 heteroatoms. The predicted octanol–water partition coefficient (Wildman–Crippen LogP) is 2.29. The molecule has 0 aliphatic carbocycles. The average molecular weight is 205 g/mol. The van der Waals surface area contributed by atoms with Crippen LogP contribution in [0.15, 0.2) is 47.6 Å². The van der Waals surface area contributed by atoms with Crippen LogP contribution in [0.4, 0.5) is 11.4 Å². The Morgan fingerprint density at radius 3 is 2.86 bits per heavy atom. The van der Waals surface area contributed by atoms with Crippen LogP contribution >= 0.6 is 11.9 Å². The zero-order chi connectivity index (χ0) is 9.80. The van der Waals surface area contributed by atoms with Crippen molar-refractivity contribution in [3.63, 3.8) is 0 Å². The zero-order valence-electron chi connectivity index (χ0n) is 7.53. The lowest BCUT2D eigenvalue weighted by Gasteiger charge is -2.14. The van der Waals surface area contributed by atoms with Crippen molar-refractivity contribution in [3.8, 4) is 0 Å². The first-order valence-electron chi connectivity index (χ1n) is 4.26. The molecule has 0 unspecified atom stereocenters. The number of nitrogens with two attached hydrogens (primary N) is 1. The van der Waals surface area contributed by atoms with Crippen LogP contribution in [-0.4, -0.2) is 0 Å². The number of benzene rings is 1. The summed E-state index contributed by atoms with van der Waals surface area (Å²) in [6, 6.07) is 7.68. The Hall–Kier alpha value is -1.55. The first kappa shape index (κ1) is 9.02. The quantitative estimate of drug-likeness (QED) is 0.512. The minimum absolute atomic E-state index is 0.745. The summed E-state index contributed by atoms with van der Waals surface area (Å²) < 4.78 is 3.12. The van der Waals surface area contributed by atoms with Crippen molar-refractivity contribution in [1.29, 1.82) is 0 Å². The lowest BCUT2D eigenvalue weighted by Crippen LogP contribution is -2.14. The second-order valence-electron chi connectivity index (χ2n) is 2.84. The molecule has 0 atom stereocenters. The fourth-order valence-corrected chi connectivity index (χ4v) is 1.60. The molecule has 0 saturated carbocycles. The van der Waals surface area contributed by atoms with Crippen LogP contribution in [-0.2, 0) is 0 Å². The maximum absolute atomic E-state index is 5.80. The highest BCUT2D eigenvalue weighted by Crippen LogP contribution is 2.19. The average Bonchev–Trinajstić information content (AvgIpc) is 2.23. The van der Waals surface area contributed by atoms with Crippen LogP contribution in [0.1, 0.15) is 0 Å². The Morgan fingerprint density at radius 1 is 1.29 bits per heavy atom. The molecule has 4 N–H and O–H groups in total. The van der Waals surface area contributed by atoms with Gasteiger partial charge in [0, 0.05) is 0 Å². The van der Waals surface area contributed by atoms with E-state index in [-0.39, 0.29) is 0 Å². The summed E-state index contributed by atoms with van der Waals surface area (Å²) in [5.41, 5.74) is 7.46. The van der Waals surface area contributed by atoms with Gasteiger partial charge >= 0.3 is 0 Å². The van der Waals surface area contributed by atoms with E-state index in [0.717, 1.165) is 17.2 Å². The van der Waals surface area contributed by atoms with E-state index in [4.69, 9.17) is 5.73 Å². The van der Waals surface area contributed by atoms with Crippen molar-refractivity contribution in [2.75, 3.05) is 11.1 Å². The van der Waals surface area contributed by atoms with Gasteiger partial charge in [0.1, 0.15) is 5.82 Å². The number of rotatable bonds is 2. The molecule has 0 saturated heterocycles. The van der Waals surface area contributed by atoms with Crippen LogP contribution in [0.2, 0.25) is 0 Å². The van der Waals surface area contributed by atoms with Gasteiger partial charge in [-0.25, -0.2) is 0 Å². The topological polar surface area (TPSA) is 50.1 Å². The fourth-order valence-electron chi connectivity index (χ4n) is 1.13. The highest BCUT2D eigenvalue weighted by Gasteiger charge is 2.01. The number of anilines is 2. The fraction of sp³-hybridized carbons (Fsp3) is 0. The van der Waals surface area contributed by atoms with Crippen molar-refractivity contribution in [2.24, 2.45) is 0 Å². The van der Waals surface area contributed by atoms with Gasteiger partial charge in [-0.2, -0.15) is 0 Å².